The maximum absolute atomic E-state index is 12.4. The van der Waals surface area contributed by atoms with Crippen LogP contribution in [0.4, 0.5) is 11.4 Å². The second-order valence-electron chi connectivity index (χ2n) is 7.86. The zero-order valence-corrected chi connectivity index (χ0v) is 18.6. The smallest absolute Gasteiger partial charge is 0.257 e. The molecule has 0 radical (unpaired) electrons. The molecular weight excluding hydrogens is 398 g/mol. The Morgan fingerprint density at radius 3 is 1.97 bits per heavy atom. The fraction of sp³-hybridized carbons (Fsp3) is 0.348. The number of anilines is 2. The van der Waals surface area contributed by atoms with Gasteiger partial charge in [0.05, 0.1) is 6.61 Å². The Hall–Kier alpha value is -2.93. The average Bonchev–Trinajstić information content (AvgIpc) is 2.67. The van der Waals surface area contributed by atoms with E-state index in [-0.39, 0.29) is 16.9 Å². The largest absolute Gasteiger partial charge is 0.493 e. The predicted octanol–water partition coefficient (Wildman–Crippen LogP) is 4.83. The summed E-state index contributed by atoms with van der Waals surface area (Å²) in [7, 11) is 0. The second-order valence-corrected chi connectivity index (χ2v) is 8.27. The predicted molar refractivity (Wildman–Crippen MR) is 125 cm³/mol. The molecule has 160 valence electrons. The fourth-order valence-electron chi connectivity index (χ4n) is 2.52. The van der Waals surface area contributed by atoms with Gasteiger partial charge in [0.1, 0.15) is 5.75 Å². The molecule has 0 fully saturated rings. The number of hydrogen-bond acceptors (Lipinski definition) is 4. The number of carbonyl (C=O) groups excluding carboxylic acids is 2. The molecule has 0 unspecified atom stereocenters. The standard InChI is InChI=1S/C23H29N3O3S/c1-15(2)13-21(27)24-18-7-9-19(10-8-18)25-23(30)26-22(28)17-5-11-20(12-6-17)29-14-16(3)4/h5-12,15-16H,13-14H2,1-4H3,(H,24,27)(H2,25,26,28,30). The lowest BCUT2D eigenvalue weighted by atomic mass is 10.1. The summed E-state index contributed by atoms with van der Waals surface area (Å²) in [4.78, 5) is 24.2. The molecule has 2 rings (SSSR count). The van der Waals surface area contributed by atoms with Crippen molar-refractivity contribution >= 4 is 40.5 Å². The second kappa shape index (κ2) is 11.3. The summed E-state index contributed by atoms with van der Waals surface area (Å²) >= 11 is 5.22. The van der Waals surface area contributed by atoms with Crippen LogP contribution in [0.25, 0.3) is 0 Å². The van der Waals surface area contributed by atoms with E-state index in [1.165, 1.54) is 0 Å². The molecule has 2 amide bonds. The zero-order chi connectivity index (χ0) is 22.1. The van der Waals surface area contributed by atoms with Gasteiger partial charge in [0.2, 0.25) is 5.91 Å². The quantitative estimate of drug-likeness (QED) is 0.526. The molecular formula is C23H29N3O3S. The van der Waals surface area contributed by atoms with Crippen molar-refractivity contribution in [2.45, 2.75) is 34.1 Å². The number of amides is 2. The molecule has 0 aliphatic rings. The summed E-state index contributed by atoms with van der Waals surface area (Å²) in [6.07, 6.45) is 0.473. The lowest BCUT2D eigenvalue weighted by Crippen LogP contribution is -2.34. The number of ether oxygens (including phenoxy) is 1. The van der Waals surface area contributed by atoms with E-state index in [4.69, 9.17) is 17.0 Å². The number of carbonyl (C=O) groups is 2. The highest BCUT2D eigenvalue weighted by Gasteiger charge is 2.09. The van der Waals surface area contributed by atoms with E-state index in [0.29, 0.717) is 41.8 Å². The lowest BCUT2D eigenvalue weighted by Gasteiger charge is -2.12. The van der Waals surface area contributed by atoms with Crippen LogP contribution in [0.5, 0.6) is 5.75 Å². The highest BCUT2D eigenvalue weighted by Crippen LogP contribution is 2.15. The Kier molecular flexibility index (Phi) is 8.80. The molecule has 2 aromatic rings. The Morgan fingerprint density at radius 1 is 0.867 bits per heavy atom. The summed E-state index contributed by atoms with van der Waals surface area (Å²) < 4.78 is 5.62. The van der Waals surface area contributed by atoms with Crippen LogP contribution in [0, 0.1) is 11.8 Å². The van der Waals surface area contributed by atoms with Gasteiger partial charge in [-0.05, 0) is 72.6 Å². The van der Waals surface area contributed by atoms with Gasteiger partial charge in [-0.25, -0.2) is 0 Å². The molecule has 3 N–H and O–H groups in total. The topological polar surface area (TPSA) is 79.5 Å². The number of benzene rings is 2. The van der Waals surface area contributed by atoms with Crippen molar-refractivity contribution in [2.75, 3.05) is 17.2 Å². The first-order chi connectivity index (χ1) is 14.2. The maximum atomic E-state index is 12.4. The Morgan fingerprint density at radius 2 is 1.43 bits per heavy atom. The molecule has 0 aliphatic carbocycles. The van der Waals surface area contributed by atoms with Crippen molar-refractivity contribution in [2.24, 2.45) is 11.8 Å². The van der Waals surface area contributed by atoms with E-state index >= 15 is 0 Å². The maximum Gasteiger partial charge on any atom is 0.257 e. The van der Waals surface area contributed by atoms with Gasteiger partial charge in [-0.15, -0.1) is 0 Å². The van der Waals surface area contributed by atoms with Crippen molar-refractivity contribution in [3.8, 4) is 5.75 Å². The van der Waals surface area contributed by atoms with E-state index in [1.54, 1.807) is 48.5 Å². The lowest BCUT2D eigenvalue weighted by molar-refractivity contribution is -0.116. The third kappa shape index (κ3) is 8.21. The molecule has 0 atom stereocenters. The van der Waals surface area contributed by atoms with Crippen LogP contribution in [-0.4, -0.2) is 23.5 Å². The first-order valence-corrected chi connectivity index (χ1v) is 10.4. The van der Waals surface area contributed by atoms with Crippen LogP contribution in [-0.2, 0) is 4.79 Å². The molecule has 7 heteroatoms. The molecule has 0 saturated heterocycles. The van der Waals surface area contributed by atoms with Gasteiger partial charge in [0.25, 0.3) is 5.91 Å². The molecule has 30 heavy (non-hydrogen) atoms. The van der Waals surface area contributed by atoms with E-state index in [9.17, 15) is 9.59 Å². The van der Waals surface area contributed by atoms with Gasteiger partial charge in [-0.2, -0.15) is 0 Å². The van der Waals surface area contributed by atoms with Gasteiger partial charge in [0, 0.05) is 23.4 Å². The first-order valence-electron chi connectivity index (χ1n) is 9.98. The Labute approximate surface area is 183 Å². The van der Waals surface area contributed by atoms with Crippen LogP contribution in [0.2, 0.25) is 0 Å². The van der Waals surface area contributed by atoms with Gasteiger partial charge < -0.3 is 15.4 Å². The minimum atomic E-state index is -0.305. The van der Waals surface area contributed by atoms with Gasteiger partial charge in [-0.1, -0.05) is 27.7 Å². The first kappa shape index (κ1) is 23.3. The van der Waals surface area contributed by atoms with Crippen LogP contribution in [0.3, 0.4) is 0 Å². The van der Waals surface area contributed by atoms with E-state index in [0.717, 1.165) is 5.75 Å². The monoisotopic (exact) mass is 427 g/mol. The molecule has 0 bridgehead atoms. The SMILES string of the molecule is CC(C)COc1ccc(C(=O)NC(=S)Nc2ccc(NC(=O)CC(C)C)cc2)cc1. The van der Waals surface area contributed by atoms with Crippen molar-refractivity contribution in [1.29, 1.82) is 0 Å². The van der Waals surface area contributed by atoms with Crippen LogP contribution < -0.4 is 20.7 Å². The van der Waals surface area contributed by atoms with Gasteiger partial charge in [-0.3, -0.25) is 14.9 Å². The molecule has 0 aromatic heterocycles. The summed E-state index contributed by atoms with van der Waals surface area (Å²) in [6, 6.07) is 14.0. The molecule has 0 saturated carbocycles. The molecule has 0 spiro atoms. The highest BCUT2D eigenvalue weighted by molar-refractivity contribution is 7.80. The zero-order valence-electron chi connectivity index (χ0n) is 17.8. The summed E-state index contributed by atoms with van der Waals surface area (Å²) in [5.41, 5.74) is 1.90. The van der Waals surface area contributed by atoms with Crippen molar-refractivity contribution in [3.63, 3.8) is 0 Å². The number of nitrogens with one attached hydrogen (secondary N) is 3. The summed E-state index contributed by atoms with van der Waals surface area (Å²) in [5.74, 6) is 1.13. The number of hydrogen-bond donors (Lipinski definition) is 3. The van der Waals surface area contributed by atoms with E-state index < -0.39 is 0 Å². The van der Waals surface area contributed by atoms with Crippen molar-refractivity contribution in [1.82, 2.24) is 5.32 Å². The normalized spacial score (nSPS) is 10.6. The Balaban J connectivity index is 1.84. The number of thiocarbonyl (C=S) groups is 1. The van der Waals surface area contributed by atoms with Crippen LogP contribution in [0.1, 0.15) is 44.5 Å². The van der Waals surface area contributed by atoms with Crippen LogP contribution >= 0.6 is 12.2 Å². The van der Waals surface area contributed by atoms with Crippen molar-refractivity contribution in [3.05, 3.63) is 54.1 Å². The highest BCUT2D eigenvalue weighted by atomic mass is 32.1. The molecule has 6 nitrogen and oxygen atoms in total. The molecule has 0 heterocycles. The fourth-order valence-corrected chi connectivity index (χ4v) is 2.73. The van der Waals surface area contributed by atoms with E-state index in [2.05, 4.69) is 29.8 Å². The van der Waals surface area contributed by atoms with Gasteiger partial charge >= 0.3 is 0 Å². The molecule has 2 aromatic carbocycles. The van der Waals surface area contributed by atoms with E-state index in [1.807, 2.05) is 13.8 Å². The summed E-state index contributed by atoms with van der Waals surface area (Å²) in [5, 5.41) is 8.65. The van der Waals surface area contributed by atoms with Crippen LogP contribution in [0.15, 0.2) is 48.5 Å². The molecule has 0 aliphatic heterocycles. The number of rotatable bonds is 8. The Bertz CT molecular complexity index is 862. The summed E-state index contributed by atoms with van der Waals surface area (Å²) in [6.45, 7) is 8.77. The van der Waals surface area contributed by atoms with Crippen molar-refractivity contribution < 1.29 is 14.3 Å². The van der Waals surface area contributed by atoms with Gasteiger partial charge in [0.15, 0.2) is 5.11 Å². The third-order valence-electron chi connectivity index (χ3n) is 3.95. The average molecular weight is 428 g/mol. The third-order valence-corrected chi connectivity index (χ3v) is 4.15. The minimum Gasteiger partial charge on any atom is -0.493 e. The minimum absolute atomic E-state index is 0.0193.